The molecule has 4 rings (SSSR count). The quantitative estimate of drug-likeness (QED) is 0.630. The molecule has 0 saturated carbocycles. The molecule has 2 N–H and O–H groups in total. The van der Waals surface area contributed by atoms with E-state index in [2.05, 4.69) is 10.6 Å². The number of carbonyl (C=O) groups excluding carboxylic acids is 2. The Morgan fingerprint density at radius 2 is 1.75 bits per heavy atom. The van der Waals surface area contributed by atoms with Gasteiger partial charge in [0.05, 0.1) is 4.90 Å². The van der Waals surface area contributed by atoms with Crippen molar-refractivity contribution < 1.29 is 27.5 Å². The van der Waals surface area contributed by atoms with Crippen LogP contribution >= 0.6 is 0 Å². The maximum Gasteiger partial charge on any atom is 0.309 e. The monoisotopic (exact) mass is 459 g/mol. The van der Waals surface area contributed by atoms with E-state index in [4.69, 9.17) is 9.47 Å². The van der Waals surface area contributed by atoms with Crippen LogP contribution in [-0.4, -0.2) is 50.5 Å². The Morgan fingerprint density at radius 3 is 2.53 bits per heavy atom. The molecule has 170 valence electrons. The molecule has 32 heavy (non-hydrogen) atoms. The van der Waals surface area contributed by atoms with E-state index in [1.807, 2.05) is 6.92 Å². The lowest BCUT2D eigenvalue weighted by Gasteiger charge is -2.24. The van der Waals surface area contributed by atoms with Crippen LogP contribution in [0.3, 0.4) is 0 Å². The summed E-state index contributed by atoms with van der Waals surface area (Å²) in [6.45, 7) is 2.65. The zero-order chi connectivity index (χ0) is 22.7. The van der Waals surface area contributed by atoms with Crippen LogP contribution in [0.5, 0.6) is 11.5 Å². The van der Waals surface area contributed by atoms with Crippen LogP contribution in [0, 0.1) is 6.92 Å². The maximum absolute atomic E-state index is 13.0. The first kappa shape index (κ1) is 22.1. The zero-order valence-corrected chi connectivity index (χ0v) is 18.5. The summed E-state index contributed by atoms with van der Waals surface area (Å²) in [4.78, 5) is 24.6. The first-order chi connectivity index (χ1) is 15.3. The average Bonchev–Trinajstić information content (AvgIpc) is 3.45. The first-order valence-corrected chi connectivity index (χ1v) is 11.8. The number of rotatable bonds is 6. The van der Waals surface area contributed by atoms with E-state index < -0.39 is 27.9 Å². The van der Waals surface area contributed by atoms with Crippen LogP contribution in [0.15, 0.2) is 47.4 Å². The number of hydrogen-bond acceptors (Lipinski definition) is 6. The Hall–Kier alpha value is -3.11. The minimum atomic E-state index is -3.66. The van der Waals surface area contributed by atoms with Crippen LogP contribution < -0.4 is 20.1 Å². The molecule has 0 bridgehead atoms. The van der Waals surface area contributed by atoms with Gasteiger partial charge in [-0.15, -0.1) is 0 Å². The molecule has 0 unspecified atom stereocenters. The van der Waals surface area contributed by atoms with E-state index in [0.717, 1.165) is 11.1 Å². The Labute approximate surface area is 186 Å². The van der Waals surface area contributed by atoms with Gasteiger partial charge in [0.15, 0.2) is 11.5 Å². The van der Waals surface area contributed by atoms with E-state index in [0.29, 0.717) is 30.9 Å². The second kappa shape index (κ2) is 9.17. The molecule has 2 aliphatic rings. The maximum atomic E-state index is 13.0. The molecule has 0 radical (unpaired) electrons. The fourth-order valence-electron chi connectivity index (χ4n) is 3.78. The topological polar surface area (TPSA) is 114 Å². The van der Waals surface area contributed by atoms with Gasteiger partial charge in [0, 0.05) is 25.7 Å². The zero-order valence-electron chi connectivity index (χ0n) is 17.7. The molecule has 0 spiro atoms. The molecule has 0 aliphatic carbocycles. The number of nitrogens with one attached hydrogen (secondary N) is 2. The van der Waals surface area contributed by atoms with Crippen molar-refractivity contribution in [1.82, 2.24) is 14.9 Å². The van der Waals surface area contributed by atoms with Crippen molar-refractivity contribution in [2.24, 2.45) is 0 Å². The molecule has 1 fully saturated rings. The molecule has 9 nitrogen and oxygen atoms in total. The number of carbonyl (C=O) groups is 2. The van der Waals surface area contributed by atoms with Gasteiger partial charge in [-0.25, -0.2) is 8.42 Å². The summed E-state index contributed by atoms with van der Waals surface area (Å²) in [5.41, 5.74) is 1.74. The van der Waals surface area contributed by atoms with Crippen LogP contribution in [0.4, 0.5) is 0 Å². The fraction of sp³-hybridized carbons (Fsp3) is 0.364. The number of fused-ring (bicyclic) bond motifs is 1. The van der Waals surface area contributed by atoms with Crippen molar-refractivity contribution in [3.05, 3.63) is 53.6 Å². The lowest BCUT2D eigenvalue weighted by atomic mass is 10.2. The molecule has 2 aromatic rings. The summed E-state index contributed by atoms with van der Waals surface area (Å²) >= 11 is 0. The van der Waals surface area contributed by atoms with E-state index >= 15 is 0 Å². The van der Waals surface area contributed by atoms with E-state index in [1.54, 1.807) is 42.5 Å². The normalized spacial score (nSPS) is 17.8. The van der Waals surface area contributed by atoms with Crippen LogP contribution in [0.1, 0.15) is 24.0 Å². The van der Waals surface area contributed by atoms with Gasteiger partial charge in [-0.3, -0.25) is 9.59 Å². The van der Waals surface area contributed by atoms with Crippen molar-refractivity contribution in [3.63, 3.8) is 0 Å². The number of hydrogen-bond donors (Lipinski definition) is 2. The molecule has 2 heterocycles. The summed E-state index contributed by atoms with van der Waals surface area (Å²) < 4.78 is 37.9. The number of sulfonamides is 1. The van der Waals surface area contributed by atoms with Crippen molar-refractivity contribution in [1.29, 1.82) is 0 Å². The largest absolute Gasteiger partial charge is 0.454 e. The van der Waals surface area contributed by atoms with Gasteiger partial charge in [0.25, 0.3) is 0 Å². The molecular weight excluding hydrogens is 434 g/mol. The predicted molar refractivity (Wildman–Crippen MR) is 116 cm³/mol. The Morgan fingerprint density at radius 1 is 1.03 bits per heavy atom. The van der Waals surface area contributed by atoms with E-state index in [-0.39, 0.29) is 24.8 Å². The third-order valence-corrected chi connectivity index (χ3v) is 7.51. The van der Waals surface area contributed by atoms with Crippen molar-refractivity contribution in [3.8, 4) is 11.5 Å². The minimum absolute atomic E-state index is 0.0708. The molecule has 2 aromatic carbocycles. The van der Waals surface area contributed by atoms with Crippen LogP contribution in [-0.2, 0) is 26.2 Å². The van der Waals surface area contributed by atoms with E-state index in [1.165, 1.54) is 4.31 Å². The molecular formula is C22H25N3O6S. The number of ether oxygens (including phenoxy) is 2. The Bertz CT molecular complexity index is 1120. The van der Waals surface area contributed by atoms with Gasteiger partial charge in [0.2, 0.25) is 16.8 Å². The second-order valence-corrected chi connectivity index (χ2v) is 9.70. The van der Waals surface area contributed by atoms with Crippen LogP contribution in [0.2, 0.25) is 0 Å². The molecule has 2 amide bonds. The number of amides is 2. The predicted octanol–water partition coefficient (Wildman–Crippen LogP) is 1.31. The SMILES string of the molecule is Cc1ccc(S(=O)(=O)N2CCC[C@@H]2CNC(=O)C(=O)NCc2ccc3c(c2)OCO3)cc1. The smallest absolute Gasteiger partial charge is 0.309 e. The number of nitrogens with zero attached hydrogens (tertiary/aromatic N) is 1. The lowest BCUT2D eigenvalue weighted by Crippen LogP contribution is -2.46. The average molecular weight is 460 g/mol. The molecule has 2 aliphatic heterocycles. The van der Waals surface area contributed by atoms with Crippen molar-refractivity contribution in [2.45, 2.75) is 37.2 Å². The molecule has 1 saturated heterocycles. The number of aryl methyl sites for hydroxylation is 1. The standard InChI is InChI=1S/C22H25N3O6S/c1-15-4-7-18(8-5-15)32(28,29)25-10-2-3-17(25)13-24-22(27)21(26)23-12-16-6-9-19-20(11-16)31-14-30-19/h4-9,11,17H,2-3,10,12-14H2,1H3,(H,23,26)(H,24,27)/t17-/m1/s1. The highest BCUT2D eigenvalue weighted by Crippen LogP contribution is 2.32. The summed E-state index contributed by atoms with van der Waals surface area (Å²) in [7, 11) is -3.66. The summed E-state index contributed by atoms with van der Waals surface area (Å²) in [6, 6.07) is 11.5. The molecule has 1 atom stereocenters. The van der Waals surface area contributed by atoms with Gasteiger partial charge in [-0.1, -0.05) is 23.8 Å². The summed E-state index contributed by atoms with van der Waals surface area (Å²) in [5, 5.41) is 5.12. The van der Waals surface area contributed by atoms with Gasteiger partial charge in [-0.2, -0.15) is 4.31 Å². The Balaban J connectivity index is 1.30. The number of benzene rings is 2. The van der Waals surface area contributed by atoms with Crippen molar-refractivity contribution >= 4 is 21.8 Å². The third-order valence-electron chi connectivity index (χ3n) is 5.55. The van der Waals surface area contributed by atoms with Crippen LogP contribution in [0.25, 0.3) is 0 Å². The summed E-state index contributed by atoms with van der Waals surface area (Å²) in [6.07, 6.45) is 1.31. The fourth-order valence-corrected chi connectivity index (χ4v) is 5.47. The molecule has 0 aromatic heterocycles. The first-order valence-electron chi connectivity index (χ1n) is 10.4. The summed E-state index contributed by atoms with van der Waals surface area (Å²) in [5.74, 6) is -0.351. The molecule has 10 heteroatoms. The van der Waals surface area contributed by atoms with E-state index in [9.17, 15) is 18.0 Å². The third kappa shape index (κ3) is 4.71. The highest BCUT2D eigenvalue weighted by Gasteiger charge is 2.35. The van der Waals surface area contributed by atoms with Gasteiger partial charge >= 0.3 is 11.8 Å². The minimum Gasteiger partial charge on any atom is -0.454 e. The van der Waals surface area contributed by atoms with Gasteiger partial charge < -0.3 is 20.1 Å². The highest BCUT2D eigenvalue weighted by molar-refractivity contribution is 7.89. The van der Waals surface area contributed by atoms with Gasteiger partial charge in [-0.05, 0) is 49.6 Å². The Kier molecular flexibility index (Phi) is 6.33. The second-order valence-electron chi connectivity index (χ2n) is 7.81. The lowest BCUT2D eigenvalue weighted by molar-refractivity contribution is -0.139. The van der Waals surface area contributed by atoms with Crippen molar-refractivity contribution in [2.75, 3.05) is 19.9 Å². The highest BCUT2D eigenvalue weighted by atomic mass is 32.2. The van der Waals surface area contributed by atoms with Gasteiger partial charge in [0.1, 0.15) is 0 Å².